The average molecular weight is 463 g/mol. The van der Waals surface area contributed by atoms with Crippen LogP contribution in [0, 0.1) is 0 Å². The Morgan fingerprint density at radius 2 is 1.74 bits per heavy atom. The molecule has 1 fully saturated rings. The SMILES string of the molecule is O=C(CCN=C1NS(=O)(=O)c2ccccc21)Nc1ccc(S(=O)(=O)N2CCCC2)cc1. The summed E-state index contributed by atoms with van der Waals surface area (Å²) in [6.07, 6.45) is 1.77. The molecule has 0 atom stereocenters. The summed E-state index contributed by atoms with van der Waals surface area (Å²) in [5.74, 6) is -0.0893. The lowest BCUT2D eigenvalue weighted by molar-refractivity contribution is -0.116. The first-order valence-electron chi connectivity index (χ1n) is 9.84. The summed E-state index contributed by atoms with van der Waals surface area (Å²) >= 11 is 0. The van der Waals surface area contributed by atoms with E-state index in [0.717, 1.165) is 12.8 Å². The number of fused-ring (bicyclic) bond motifs is 1. The number of nitrogens with one attached hydrogen (secondary N) is 2. The van der Waals surface area contributed by atoms with Crippen molar-refractivity contribution in [3.05, 3.63) is 54.1 Å². The van der Waals surface area contributed by atoms with Gasteiger partial charge in [0.05, 0.1) is 16.3 Å². The first-order valence-corrected chi connectivity index (χ1v) is 12.8. The highest BCUT2D eigenvalue weighted by Crippen LogP contribution is 2.23. The monoisotopic (exact) mass is 462 g/mol. The fourth-order valence-electron chi connectivity index (χ4n) is 3.53. The minimum Gasteiger partial charge on any atom is -0.326 e. The lowest BCUT2D eigenvalue weighted by Gasteiger charge is -2.15. The van der Waals surface area contributed by atoms with Crippen LogP contribution in [0.15, 0.2) is 63.3 Å². The second-order valence-electron chi connectivity index (χ2n) is 7.27. The zero-order valence-corrected chi connectivity index (χ0v) is 18.2. The summed E-state index contributed by atoms with van der Waals surface area (Å²) in [7, 11) is -7.11. The lowest BCUT2D eigenvalue weighted by atomic mass is 10.2. The maximum absolute atomic E-state index is 12.5. The van der Waals surface area contributed by atoms with E-state index in [-0.39, 0.29) is 34.5 Å². The first kappa shape index (κ1) is 21.5. The van der Waals surface area contributed by atoms with E-state index in [2.05, 4.69) is 15.0 Å². The van der Waals surface area contributed by atoms with E-state index >= 15 is 0 Å². The number of sulfonamides is 2. The van der Waals surface area contributed by atoms with Crippen LogP contribution >= 0.6 is 0 Å². The van der Waals surface area contributed by atoms with Crippen LogP contribution in [0.2, 0.25) is 0 Å². The molecule has 164 valence electrons. The van der Waals surface area contributed by atoms with Crippen molar-refractivity contribution in [3.63, 3.8) is 0 Å². The largest absolute Gasteiger partial charge is 0.326 e. The molecule has 0 aromatic heterocycles. The second kappa shape index (κ2) is 8.40. The van der Waals surface area contributed by atoms with Gasteiger partial charge in [-0.15, -0.1) is 0 Å². The van der Waals surface area contributed by atoms with Gasteiger partial charge in [-0.25, -0.2) is 16.8 Å². The minimum absolute atomic E-state index is 0.0429. The Morgan fingerprint density at radius 1 is 1.06 bits per heavy atom. The fourth-order valence-corrected chi connectivity index (χ4v) is 6.30. The number of amidine groups is 1. The number of benzene rings is 2. The quantitative estimate of drug-likeness (QED) is 0.674. The van der Waals surface area contributed by atoms with Gasteiger partial charge in [-0.1, -0.05) is 12.1 Å². The van der Waals surface area contributed by atoms with Crippen LogP contribution < -0.4 is 10.0 Å². The third-order valence-corrected chi connectivity index (χ3v) is 8.42. The van der Waals surface area contributed by atoms with E-state index in [1.54, 1.807) is 30.3 Å². The first-order chi connectivity index (χ1) is 14.8. The molecule has 2 aliphatic heterocycles. The maximum Gasteiger partial charge on any atom is 0.263 e. The molecule has 9 nitrogen and oxygen atoms in total. The van der Waals surface area contributed by atoms with Crippen LogP contribution in [0.4, 0.5) is 5.69 Å². The van der Waals surface area contributed by atoms with Gasteiger partial charge in [0.25, 0.3) is 10.0 Å². The molecule has 0 unspecified atom stereocenters. The highest BCUT2D eigenvalue weighted by molar-refractivity contribution is 7.90. The molecule has 2 aromatic carbocycles. The standard InChI is InChI=1S/C20H22N4O5S2/c25-19(11-12-21-20-17-5-1-2-6-18(17)30(26,27)23-20)22-15-7-9-16(10-8-15)31(28,29)24-13-3-4-14-24/h1-2,5-10H,3-4,11-14H2,(H,21,23)(H,22,25). The van der Waals surface area contributed by atoms with Crippen molar-refractivity contribution in [2.75, 3.05) is 25.0 Å². The lowest BCUT2D eigenvalue weighted by Crippen LogP contribution is -2.27. The minimum atomic E-state index is -3.61. The van der Waals surface area contributed by atoms with Crippen LogP contribution in [-0.2, 0) is 24.8 Å². The third-order valence-electron chi connectivity index (χ3n) is 5.11. The average Bonchev–Trinajstić information content (AvgIpc) is 3.37. The van der Waals surface area contributed by atoms with Gasteiger partial charge >= 0.3 is 0 Å². The van der Waals surface area contributed by atoms with E-state index < -0.39 is 20.0 Å². The molecule has 0 radical (unpaired) electrons. The topological polar surface area (TPSA) is 125 Å². The maximum atomic E-state index is 12.5. The highest BCUT2D eigenvalue weighted by atomic mass is 32.2. The molecular formula is C20H22N4O5S2. The Morgan fingerprint density at radius 3 is 2.45 bits per heavy atom. The van der Waals surface area contributed by atoms with Crippen molar-refractivity contribution in [1.82, 2.24) is 9.03 Å². The number of amides is 1. The molecule has 2 heterocycles. The molecule has 2 aromatic rings. The summed E-state index contributed by atoms with van der Waals surface area (Å²) in [5.41, 5.74) is 0.961. The summed E-state index contributed by atoms with van der Waals surface area (Å²) in [5, 5.41) is 2.70. The predicted octanol–water partition coefficient (Wildman–Crippen LogP) is 1.54. The van der Waals surface area contributed by atoms with Gasteiger partial charge in [-0.2, -0.15) is 4.31 Å². The molecule has 0 saturated carbocycles. The zero-order chi connectivity index (χ0) is 22.1. The molecule has 11 heteroatoms. The van der Waals surface area contributed by atoms with Crippen molar-refractivity contribution in [2.45, 2.75) is 29.1 Å². The number of aliphatic imine (C=N–C) groups is 1. The summed E-state index contributed by atoms with van der Waals surface area (Å²) in [4.78, 5) is 16.8. The van der Waals surface area contributed by atoms with E-state index in [4.69, 9.17) is 0 Å². The number of rotatable bonds is 6. The van der Waals surface area contributed by atoms with E-state index in [0.29, 0.717) is 24.3 Å². The molecule has 0 aliphatic carbocycles. The zero-order valence-electron chi connectivity index (χ0n) is 16.6. The molecule has 2 aliphatic rings. The summed E-state index contributed by atoms with van der Waals surface area (Å²) < 4.78 is 53.1. The van der Waals surface area contributed by atoms with Gasteiger partial charge in [0, 0.05) is 30.8 Å². The number of carbonyl (C=O) groups is 1. The fraction of sp³-hybridized carbons (Fsp3) is 0.300. The Labute approximate surface area is 181 Å². The molecule has 1 saturated heterocycles. The van der Waals surface area contributed by atoms with Crippen LogP contribution in [0.3, 0.4) is 0 Å². The molecule has 1 amide bonds. The molecule has 0 bridgehead atoms. The van der Waals surface area contributed by atoms with Crippen LogP contribution in [-0.4, -0.2) is 52.5 Å². The van der Waals surface area contributed by atoms with Gasteiger partial charge < -0.3 is 5.32 Å². The Hall–Kier alpha value is -2.76. The van der Waals surface area contributed by atoms with E-state index in [9.17, 15) is 21.6 Å². The normalized spacial score (nSPS) is 19.2. The van der Waals surface area contributed by atoms with Crippen molar-refractivity contribution in [2.24, 2.45) is 4.99 Å². The molecule has 0 spiro atoms. The van der Waals surface area contributed by atoms with Crippen molar-refractivity contribution < 1.29 is 21.6 Å². The van der Waals surface area contributed by atoms with Gasteiger partial charge in [-0.05, 0) is 49.2 Å². The van der Waals surface area contributed by atoms with E-state index in [1.807, 2.05) is 0 Å². The van der Waals surface area contributed by atoms with Crippen molar-refractivity contribution in [1.29, 1.82) is 0 Å². The summed E-state index contributed by atoms with van der Waals surface area (Å²) in [6, 6.07) is 12.6. The Kier molecular flexibility index (Phi) is 5.82. The van der Waals surface area contributed by atoms with Gasteiger partial charge in [0.1, 0.15) is 5.84 Å². The smallest absolute Gasteiger partial charge is 0.263 e. The molecular weight excluding hydrogens is 440 g/mol. The number of anilines is 1. The Bertz CT molecular complexity index is 1230. The molecule has 2 N–H and O–H groups in total. The number of nitrogens with zero attached hydrogens (tertiary/aromatic N) is 2. The third kappa shape index (κ3) is 4.48. The number of carbonyl (C=O) groups excluding carboxylic acids is 1. The van der Waals surface area contributed by atoms with Crippen molar-refractivity contribution >= 4 is 37.5 Å². The predicted molar refractivity (Wildman–Crippen MR) is 116 cm³/mol. The van der Waals surface area contributed by atoms with E-state index in [1.165, 1.54) is 22.5 Å². The molecule has 31 heavy (non-hydrogen) atoms. The Balaban J connectivity index is 1.35. The molecule has 4 rings (SSSR count). The number of hydrogen-bond donors (Lipinski definition) is 2. The van der Waals surface area contributed by atoms with Gasteiger partial charge in [-0.3, -0.25) is 14.5 Å². The summed E-state index contributed by atoms with van der Waals surface area (Å²) in [6.45, 7) is 1.16. The van der Waals surface area contributed by atoms with Crippen LogP contribution in [0.25, 0.3) is 0 Å². The number of hydrogen-bond acceptors (Lipinski definition) is 6. The second-order valence-corrected chi connectivity index (χ2v) is 10.9. The van der Waals surface area contributed by atoms with Crippen LogP contribution in [0.5, 0.6) is 0 Å². The highest BCUT2D eigenvalue weighted by Gasteiger charge is 2.30. The van der Waals surface area contributed by atoms with Gasteiger partial charge in [0.15, 0.2) is 0 Å². The van der Waals surface area contributed by atoms with Crippen LogP contribution in [0.1, 0.15) is 24.8 Å². The van der Waals surface area contributed by atoms with Gasteiger partial charge in [0.2, 0.25) is 15.9 Å². The van der Waals surface area contributed by atoms with Crippen molar-refractivity contribution in [3.8, 4) is 0 Å².